The van der Waals surface area contributed by atoms with E-state index in [-0.39, 0.29) is 5.75 Å². The summed E-state index contributed by atoms with van der Waals surface area (Å²) in [5.41, 5.74) is 0.429. The molecule has 1 aromatic heterocycles. The van der Waals surface area contributed by atoms with Crippen molar-refractivity contribution in [3.05, 3.63) is 55.0 Å². The van der Waals surface area contributed by atoms with E-state index in [0.717, 1.165) is 22.0 Å². The number of aliphatic hydroxyl groups is 5. The third kappa shape index (κ3) is 2.83. The summed E-state index contributed by atoms with van der Waals surface area (Å²) in [6.07, 6.45) is -1.55. The molecule has 3 aromatic rings. The van der Waals surface area contributed by atoms with Gasteiger partial charge < -0.3 is 30.3 Å². The first-order valence-electron chi connectivity index (χ1n) is 8.80. The van der Waals surface area contributed by atoms with Crippen molar-refractivity contribution in [2.24, 2.45) is 5.92 Å². The average molecular weight is 384 g/mol. The molecule has 2 aromatic carbocycles. The minimum absolute atomic E-state index is 0.254. The van der Waals surface area contributed by atoms with Gasteiger partial charge in [0.15, 0.2) is 5.60 Å². The minimum atomic E-state index is -2.15. The maximum atomic E-state index is 10.4. The molecule has 8 nitrogen and oxygen atoms in total. The first-order valence-corrected chi connectivity index (χ1v) is 8.80. The molecule has 8 heteroatoms. The van der Waals surface area contributed by atoms with Crippen molar-refractivity contribution in [2.75, 3.05) is 6.61 Å². The topological polar surface area (TPSA) is 136 Å². The Balaban J connectivity index is 1.56. The summed E-state index contributed by atoms with van der Waals surface area (Å²) in [5, 5.41) is 50.3. The molecule has 0 radical (unpaired) electrons. The van der Waals surface area contributed by atoms with E-state index in [1.165, 1.54) is 6.33 Å². The van der Waals surface area contributed by atoms with Gasteiger partial charge in [-0.2, -0.15) is 0 Å². The second-order valence-corrected chi connectivity index (χ2v) is 6.87. The standard InChI is InChI=1S/C20H20N2O6/c23-9-15-17(24)18(25)20(15,27)19(26)28-13-6-4-11(5-7-13)14-3-1-2-12-8-21-10-22-16(12)14/h1-8,10,15,17-19,23-27H,9H2. The number of para-hydroxylation sites is 1. The van der Waals surface area contributed by atoms with E-state index in [0.29, 0.717) is 0 Å². The quantitative estimate of drug-likeness (QED) is 0.390. The van der Waals surface area contributed by atoms with Crippen LogP contribution >= 0.6 is 0 Å². The van der Waals surface area contributed by atoms with Gasteiger partial charge in [-0.25, -0.2) is 9.97 Å². The van der Waals surface area contributed by atoms with Gasteiger partial charge in [0, 0.05) is 23.1 Å². The summed E-state index contributed by atoms with van der Waals surface area (Å²) in [5.74, 6) is -0.850. The number of hydrogen-bond acceptors (Lipinski definition) is 8. The van der Waals surface area contributed by atoms with Crippen LogP contribution in [0.15, 0.2) is 55.0 Å². The first kappa shape index (κ1) is 18.7. The van der Waals surface area contributed by atoms with Crippen LogP contribution in [0, 0.1) is 5.92 Å². The van der Waals surface area contributed by atoms with Crippen LogP contribution in [0.4, 0.5) is 0 Å². The number of hydrogen-bond donors (Lipinski definition) is 5. The van der Waals surface area contributed by atoms with Crippen molar-refractivity contribution in [3.8, 4) is 16.9 Å². The zero-order valence-electron chi connectivity index (χ0n) is 14.8. The van der Waals surface area contributed by atoms with Gasteiger partial charge in [-0.15, -0.1) is 0 Å². The third-order valence-corrected chi connectivity index (χ3v) is 5.34. The molecule has 0 amide bonds. The van der Waals surface area contributed by atoms with Gasteiger partial charge >= 0.3 is 0 Å². The Morgan fingerprint density at radius 2 is 1.86 bits per heavy atom. The van der Waals surface area contributed by atoms with Crippen LogP contribution in [0.5, 0.6) is 5.75 Å². The van der Waals surface area contributed by atoms with E-state index < -0.39 is 36.6 Å². The molecule has 0 aliphatic heterocycles. The molecule has 0 spiro atoms. The highest BCUT2D eigenvalue weighted by atomic mass is 16.6. The molecule has 1 saturated carbocycles. The molecule has 1 heterocycles. The van der Waals surface area contributed by atoms with Gasteiger partial charge in [-0.3, -0.25) is 0 Å². The van der Waals surface area contributed by atoms with E-state index >= 15 is 0 Å². The molecule has 0 bridgehead atoms. The Hall–Kier alpha value is -2.62. The molecule has 5 N–H and O–H groups in total. The second kappa shape index (κ2) is 7.08. The molecule has 146 valence electrons. The van der Waals surface area contributed by atoms with Crippen LogP contribution in [0.3, 0.4) is 0 Å². The van der Waals surface area contributed by atoms with Gasteiger partial charge in [0.05, 0.1) is 18.2 Å². The van der Waals surface area contributed by atoms with Gasteiger partial charge in [0.2, 0.25) is 6.29 Å². The molecule has 1 fully saturated rings. The Morgan fingerprint density at radius 3 is 2.57 bits per heavy atom. The predicted octanol–water partition coefficient (Wildman–Crippen LogP) is 0.0690. The second-order valence-electron chi connectivity index (χ2n) is 6.87. The molecule has 4 rings (SSSR count). The fourth-order valence-corrected chi connectivity index (χ4v) is 3.63. The SMILES string of the molecule is OCC1C(O)C(O)C1(O)C(O)Oc1ccc(-c2cccc3cncnc23)cc1. The van der Waals surface area contributed by atoms with Crippen LogP contribution in [-0.2, 0) is 0 Å². The number of aromatic nitrogens is 2. The Bertz CT molecular complexity index is 977. The van der Waals surface area contributed by atoms with Crippen molar-refractivity contribution in [3.63, 3.8) is 0 Å². The largest absolute Gasteiger partial charge is 0.462 e. The fourth-order valence-electron chi connectivity index (χ4n) is 3.63. The predicted molar refractivity (Wildman–Crippen MR) is 99.1 cm³/mol. The Kier molecular flexibility index (Phi) is 4.74. The average Bonchev–Trinajstić information content (AvgIpc) is 2.73. The highest BCUT2D eigenvalue weighted by molar-refractivity contribution is 5.93. The van der Waals surface area contributed by atoms with E-state index in [9.17, 15) is 25.5 Å². The van der Waals surface area contributed by atoms with E-state index in [2.05, 4.69) is 9.97 Å². The van der Waals surface area contributed by atoms with E-state index in [1.54, 1.807) is 30.5 Å². The summed E-state index contributed by atoms with van der Waals surface area (Å²) in [6.45, 7) is -0.600. The number of rotatable bonds is 5. The lowest BCUT2D eigenvalue weighted by Gasteiger charge is -2.53. The summed E-state index contributed by atoms with van der Waals surface area (Å²) >= 11 is 0. The number of aliphatic hydroxyl groups excluding tert-OH is 4. The molecule has 28 heavy (non-hydrogen) atoms. The van der Waals surface area contributed by atoms with E-state index in [4.69, 9.17) is 4.74 Å². The number of fused-ring (bicyclic) bond motifs is 1. The summed E-state index contributed by atoms with van der Waals surface area (Å²) in [6, 6.07) is 12.5. The molecular weight excluding hydrogens is 364 g/mol. The maximum Gasteiger partial charge on any atom is 0.229 e. The monoisotopic (exact) mass is 384 g/mol. The lowest BCUT2D eigenvalue weighted by atomic mass is 9.64. The molecular formula is C20H20N2O6. The van der Waals surface area contributed by atoms with Gasteiger partial charge in [-0.05, 0) is 17.7 Å². The Labute approximate surface area is 160 Å². The van der Waals surface area contributed by atoms with Crippen LogP contribution < -0.4 is 4.74 Å². The molecule has 1 aliphatic carbocycles. The summed E-state index contributed by atoms with van der Waals surface area (Å²) < 4.78 is 5.35. The van der Waals surface area contributed by atoms with E-state index in [1.807, 2.05) is 18.2 Å². The summed E-state index contributed by atoms with van der Waals surface area (Å²) in [4.78, 5) is 8.34. The van der Waals surface area contributed by atoms with Crippen molar-refractivity contribution >= 4 is 10.9 Å². The minimum Gasteiger partial charge on any atom is -0.462 e. The van der Waals surface area contributed by atoms with Crippen LogP contribution in [-0.4, -0.2) is 66.2 Å². The number of ether oxygens (including phenoxy) is 1. The highest BCUT2D eigenvalue weighted by Crippen LogP contribution is 2.42. The normalized spacial score (nSPS) is 28.0. The lowest BCUT2D eigenvalue weighted by molar-refractivity contribution is -0.332. The summed E-state index contributed by atoms with van der Waals surface area (Å²) in [7, 11) is 0. The highest BCUT2D eigenvalue weighted by Gasteiger charge is 2.65. The number of benzene rings is 2. The Morgan fingerprint density at radius 1 is 1.11 bits per heavy atom. The molecule has 5 unspecified atom stereocenters. The van der Waals surface area contributed by atoms with Crippen LogP contribution in [0.25, 0.3) is 22.0 Å². The third-order valence-electron chi connectivity index (χ3n) is 5.34. The molecule has 0 saturated heterocycles. The van der Waals surface area contributed by atoms with Gasteiger partial charge in [-0.1, -0.05) is 30.3 Å². The fraction of sp³-hybridized carbons (Fsp3) is 0.300. The van der Waals surface area contributed by atoms with Crippen molar-refractivity contribution in [1.82, 2.24) is 9.97 Å². The first-order chi connectivity index (χ1) is 13.5. The van der Waals surface area contributed by atoms with Crippen molar-refractivity contribution in [1.29, 1.82) is 0 Å². The smallest absolute Gasteiger partial charge is 0.229 e. The number of nitrogens with zero attached hydrogens (tertiary/aromatic N) is 2. The molecule has 5 atom stereocenters. The van der Waals surface area contributed by atoms with Crippen LogP contribution in [0.1, 0.15) is 0 Å². The van der Waals surface area contributed by atoms with Gasteiger partial charge in [0.1, 0.15) is 18.2 Å². The maximum absolute atomic E-state index is 10.4. The van der Waals surface area contributed by atoms with Crippen molar-refractivity contribution in [2.45, 2.75) is 24.1 Å². The zero-order chi connectivity index (χ0) is 19.9. The molecule has 1 aliphatic rings. The van der Waals surface area contributed by atoms with Gasteiger partial charge in [0.25, 0.3) is 0 Å². The lowest BCUT2D eigenvalue weighted by Crippen LogP contribution is -2.76. The van der Waals surface area contributed by atoms with Crippen molar-refractivity contribution < 1.29 is 30.3 Å². The van der Waals surface area contributed by atoms with Crippen LogP contribution in [0.2, 0.25) is 0 Å². The zero-order valence-corrected chi connectivity index (χ0v) is 14.8.